The minimum absolute atomic E-state index is 0.104. The molecule has 0 saturated carbocycles. The molecule has 1 heterocycles. The van der Waals surface area contributed by atoms with Gasteiger partial charge in [0.15, 0.2) is 0 Å². The first-order valence-corrected chi connectivity index (χ1v) is 9.46. The van der Waals surface area contributed by atoms with Crippen LogP contribution in [0.5, 0.6) is 0 Å². The van der Waals surface area contributed by atoms with E-state index in [0.717, 1.165) is 29.4 Å². The average Bonchev–Trinajstić information content (AvgIpc) is 2.70. The van der Waals surface area contributed by atoms with Crippen LogP contribution in [0.25, 0.3) is 22.3 Å². The lowest BCUT2D eigenvalue weighted by atomic mass is 10.1. The molecule has 0 spiro atoms. The Kier molecular flexibility index (Phi) is 5.69. The number of aromatic nitrogens is 2. The Balaban J connectivity index is 2.01. The van der Waals surface area contributed by atoms with E-state index in [1.165, 1.54) is 0 Å². The molecule has 0 aliphatic carbocycles. The molecule has 3 rings (SSSR count). The smallest absolute Gasteiger partial charge is 0.277 e. The van der Waals surface area contributed by atoms with Crippen LogP contribution in [0.1, 0.15) is 44.0 Å². The largest absolute Gasteiger partial charge is 0.350 e. The highest BCUT2D eigenvalue weighted by atomic mass is 16.1. The van der Waals surface area contributed by atoms with E-state index in [0.29, 0.717) is 17.8 Å². The SMILES string of the molecule is CCCn1c(=O)c(-c2ccc(C(=O)NC(C)CC)cc2)nc2ccccc21. The Bertz CT molecular complexity index is 1010. The Morgan fingerprint density at radius 3 is 2.48 bits per heavy atom. The number of nitrogens with zero attached hydrogens (tertiary/aromatic N) is 2. The summed E-state index contributed by atoms with van der Waals surface area (Å²) in [5, 5.41) is 2.95. The fourth-order valence-electron chi connectivity index (χ4n) is 3.01. The van der Waals surface area contributed by atoms with Gasteiger partial charge in [-0.25, -0.2) is 4.98 Å². The normalized spacial score (nSPS) is 12.1. The molecule has 5 heteroatoms. The Hall–Kier alpha value is -2.95. The molecule has 0 bridgehead atoms. The van der Waals surface area contributed by atoms with Crippen LogP contribution in [0.4, 0.5) is 0 Å². The second-order valence-corrected chi connectivity index (χ2v) is 6.77. The molecule has 1 atom stereocenters. The summed E-state index contributed by atoms with van der Waals surface area (Å²) in [7, 11) is 0. The van der Waals surface area contributed by atoms with Gasteiger partial charge >= 0.3 is 0 Å². The molecule has 0 radical (unpaired) electrons. The monoisotopic (exact) mass is 363 g/mol. The molecule has 1 aromatic heterocycles. The second kappa shape index (κ2) is 8.16. The summed E-state index contributed by atoms with van der Waals surface area (Å²) in [4.78, 5) is 29.8. The summed E-state index contributed by atoms with van der Waals surface area (Å²) in [5.41, 5.74) is 3.24. The molecule has 1 unspecified atom stereocenters. The van der Waals surface area contributed by atoms with Crippen LogP contribution in [0, 0.1) is 0 Å². The molecule has 1 N–H and O–H groups in total. The zero-order chi connectivity index (χ0) is 19.4. The summed E-state index contributed by atoms with van der Waals surface area (Å²) in [5.74, 6) is -0.106. The third kappa shape index (κ3) is 3.92. The van der Waals surface area contributed by atoms with E-state index in [-0.39, 0.29) is 17.5 Å². The number of amides is 1. The number of carbonyl (C=O) groups is 1. The van der Waals surface area contributed by atoms with E-state index in [4.69, 9.17) is 0 Å². The van der Waals surface area contributed by atoms with E-state index in [9.17, 15) is 9.59 Å². The van der Waals surface area contributed by atoms with Crippen molar-refractivity contribution in [2.45, 2.75) is 46.2 Å². The molecule has 0 saturated heterocycles. The van der Waals surface area contributed by atoms with Crippen LogP contribution in [-0.2, 0) is 6.54 Å². The van der Waals surface area contributed by atoms with Gasteiger partial charge in [-0.15, -0.1) is 0 Å². The zero-order valence-electron chi connectivity index (χ0n) is 16.0. The van der Waals surface area contributed by atoms with Crippen LogP contribution in [-0.4, -0.2) is 21.5 Å². The van der Waals surface area contributed by atoms with Crippen molar-refractivity contribution in [3.63, 3.8) is 0 Å². The van der Waals surface area contributed by atoms with Crippen LogP contribution < -0.4 is 10.9 Å². The van der Waals surface area contributed by atoms with Crippen molar-refractivity contribution in [3.8, 4) is 11.3 Å². The quantitative estimate of drug-likeness (QED) is 0.720. The molecule has 140 valence electrons. The van der Waals surface area contributed by atoms with Crippen molar-refractivity contribution in [1.82, 2.24) is 14.9 Å². The van der Waals surface area contributed by atoms with Crippen molar-refractivity contribution in [2.75, 3.05) is 0 Å². The predicted molar refractivity (Wildman–Crippen MR) is 109 cm³/mol. The number of benzene rings is 2. The number of carbonyl (C=O) groups excluding carboxylic acids is 1. The van der Waals surface area contributed by atoms with Gasteiger partial charge in [-0.1, -0.05) is 38.1 Å². The Morgan fingerprint density at radius 2 is 1.81 bits per heavy atom. The van der Waals surface area contributed by atoms with Crippen LogP contribution in [0.15, 0.2) is 53.3 Å². The molecule has 0 aliphatic rings. The molecule has 2 aromatic carbocycles. The number of rotatable bonds is 6. The standard InChI is InChI=1S/C22H25N3O2/c1-4-14-25-19-9-7-6-8-18(19)24-20(22(25)27)16-10-12-17(13-11-16)21(26)23-15(3)5-2/h6-13,15H,4-5,14H2,1-3H3,(H,23,26). The molecular formula is C22H25N3O2. The van der Waals surface area contributed by atoms with Gasteiger partial charge in [0.2, 0.25) is 0 Å². The molecule has 5 nitrogen and oxygen atoms in total. The topological polar surface area (TPSA) is 64.0 Å². The van der Waals surface area contributed by atoms with Gasteiger partial charge in [0, 0.05) is 23.7 Å². The number of aryl methyl sites for hydroxylation is 1. The van der Waals surface area contributed by atoms with Crippen LogP contribution in [0.2, 0.25) is 0 Å². The van der Waals surface area contributed by atoms with Crippen molar-refractivity contribution in [2.24, 2.45) is 0 Å². The highest BCUT2D eigenvalue weighted by Crippen LogP contribution is 2.19. The summed E-state index contributed by atoms with van der Waals surface area (Å²) in [6.07, 6.45) is 1.74. The summed E-state index contributed by atoms with van der Waals surface area (Å²) in [6, 6.07) is 14.9. The van der Waals surface area contributed by atoms with Gasteiger partial charge in [0.25, 0.3) is 11.5 Å². The maximum absolute atomic E-state index is 13.0. The molecule has 1 amide bonds. The summed E-state index contributed by atoms with van der Waals surface area (Å²) < 4.78 is 1.78. The van der Waals surface area contributed by atoms with Crippen molar-refractivity contribution < 1.29 is 4.79 Å². The third-order valence-corrected chi connectivity index (χ3v) is 4.71. The first-order valence-electron chi connectivity index (χ1n) is 9.46. The molecule has 0 aliphatic heterocycles. The van der Waals surface area contributed by atoms with E-state index >= 15 is 0 Å². The fourth-order valence-corrected chi connectivity index (χ4v) is 3.01. The van der Waals surface area contributed by atoms with E-state index < -0.39 is 0 Å². The van der Waals surface area contributed by atoms with Gasteiger partial charge in [-0.2, -0.15) is 0 Å². The van der Waals surface area contributed by atoms with Gasteiger partial charge in [-0.05, 0) is 44.0 Å². The molecule has 0 fully saturated rings. The fraction of sp³-hybridized carbons (Fsp3) is 0.318. The van der Waals surface area contributed by atoms with Gasteiger partial charge < -0.3 is 9.88 Å². The minimum atomic E-state index is -0.106. The van der Waals surface area contributed by atoms with E-state index in [1.807, 2.05) is 45.0 Å². The van der Waals surface area contributed by atoms with Crippen molar-refractivity contribution in [3.05, 3.63) is 64.4 Å². The molecular weight excluding hydrogens is 338 g/mol. The second-order valence-electron chi connectivity index (χ2n) is 6.77. The van der Waals surface area contributed by atoms with E-state index in [2.05, 4.69) is 10.3 Å². The van der Waals surface area contributed by atoms with Crippen molar-refractivity contribution >= 4 is 16.9 Å². The number of nitrogens with one attached hydrogen (secondary N) is 1. The van der Waals surface area contributed by atoms with Gasteiger partial charge in [0.05, 0.1) is 11.0 Å². The first kappa shape index (κ1) is 18.8. The highest BCUT2D eigenvalue weighted by Gasteiger charge is 2.14. The average molecular weight is 363 g/mol. The number of para-hydroxylation sites is 2. The summed E-state index contributed by atoms with van der Waals surface area (Å²) in [6.45, 7) is 6.69. The maximum Gasteiger partial charge on any atom is 0.277 e. The van der Waals surface area contributed by atoms with Gasteiger partial charge in [-0.3, -0.25) is 9.59 Å². The number of fused-ring (bicyclic) bond motifs is 1. The number of hydrogen-bond acceptors (Lipinski definition) is 3. The lowest BCUT2D eigenvalue weighted by Gasteiger charge is -2.13. The minimum Gasteiger partial charge on any atom is -0.350 e. The van der Waals surface area contributed by atoms with Crippen LogP contribution >= 0.6 is 0 Å². The number of hydrogen-bond donors (Lipinski definition) is 1. The van der Waals surface area contributed by atoms with E-state index in [1.54, 1.807) is 28.8 Å². The third-order valence-electron chi connectivity index (χ3n) is 4.71. The Labute approximate surface area is 159 Å². The predicted octanol–water partition coefficient (Wildman–Crippen LogP) is 4.00. The van der Waals surface area contributed by atoms with Gasteiger partial charge in [0.1, 0.15) is 5.69 Å². The maximum atomic E-state index is 13.0. The lowest BCUT2D eigenvalue weighted by Crippen LogP contribution is -2.31. The summed E-state index contributed by atoms with van der Waals surface area (Å²) >= 11 is 0. The Morgan fingerprint density at radius 1 is 1.11 bits per heavy atom. The zero-order valence-corrected chi connectivity index (χ0v) is 16.0. The molecule has 3 aromatic rings. The highest BCUT2D eigenvalue weighted by molar-refractivity contribution is 5.94. The lowest BCUT2D eigenvalue weighted by molar-refractivity contribution is 0.0939. The van der Waals surface area contributed by atoms with Crippen LogP contribution in [0.3, 0.4) is 0 Å². The molecule has 27 heavy (non-hydrogen) atoms. The first-order chi connectivity index (χ1) is 13.0. The van der Waals surface area contributed by atoms with Crippen molar-refractivity contribution in [1.29, 1.82) is 0 Å².